The predicted molar refractivity (Wildman–Crippen MR) is 56.7 cm³/mol. The largest absolute Gasteiger partial charge is 0.366 e. The minimum absolute atomic E-state index is 0. The third kappa shape index (κ3) is 6.23. The smallest absolute Gasteiger partial charge is 0 e. The van der Waals surface area contributed by atoms with Gasteiger partial charge in [-0.15, -0.1) is 0 Å². The van der Waals surface area contributed by atoms with Crippen LogP contribution in [-0.2, 0) is 32.7 Å². The van der Waals surface area contributed by atoms with E-state index < -0.39 is 0 Å². The summed E-state index contributed by atoms with van der Waals surface area (Å²) in [5.41, 5.74) is 0.419. The maximum Gasteiger partial charge on any atom is 0 e. The van der Waals surface area contributed by atoms with Gasteiger partial charge in [0.15, 0.2) is 0 Å². The van der Waals surface area contributed by atoms with Gasteiger partial charge in [0, 0.05) is 32.7 Å². The van der Waals surface area contributed by atoms with Crippen molar-refractivity contribution in [3.8, 4) is 0 Å². The van der Waals surface area contributed by atoms with Crippen LogP contribution in [-0.4, -0.2) is 0 Å². The number of hydrogen-bond acceptors (Lipinski definition) is 0. The molecule has 0 spiro atoms. The molecule has 1 radical (unpaired) electrons. The van der Waals surface area contributed by atoms with Crippen LogP contribution >= 0.6 is 0 Å². The number of hydrogen-bond donors (Lipinski definition) is 0. The SMILES string of the molecule is [CH2-]C([CH2-])(CC(C)(C)C)C(C)(C)C.[Y]. The van der Waals surface area contributed by atoms with Gasteiger partial charge in [0.1, 0.15) is 0 Å². The van der Waals surface area contributed by atoms with Gasteiger partial charge in [-0.05, 0) is 5.41 Å². The van der Waals surface area contributed by atoms with E-state index in [1.165, 1.54) is 0 Å². The van der Waals surface area contributed by atoms with E-state index in [4.69, 9.17) is 0 Å². The summed E-state index contributed by atoms with van der Waals surface area (Å²) in [5, 5.41) is 0. The molecule has 0 fully saturated rings. The Morgan fingerprint density at radius 1 is 0.846 bits per heavy atom. The van der Waals surface area contributed by atoms with Gasteiger partial charge in [0.25, 0.3) is 0 Å². The zero-order valence-electron chi connectivity index (χ0n) is 10.2. The molecular weight excluding hydrogens is 233 g/mol. The average Bonchev–Trinajstić information content (AvgIpc) is 1.52. The van der Waals surface area contributed by atoms with E-state index in [1.807, 2.05) is 0 Å². The van der Waals surface area contributed by atoms with E-state index >= 15 is 0 Å². The summed E-state index contributed by atoms with van der Waals surface area (Å²) >= 11 is 0. The molecule has 0 heterocycles. The molecule has 0 N–H and O–H groups in total. The van der Waals surface area contributed by atoms with Gasteiger partial charge in [-0.25, -0.2) is 0 Å². The van der Waals surface area contributed by atoms with Crippen molar-refractivity contribution >= 4 is 0 Å². The predicted octanol–water partition coefficient (Wildman–Crippen LogP) is 4.12. The fourth-order valence-corrected chi connectivity index (χ4v) is 1.28. The topological polar surface area (TPSA) is 0 Å². The monoisotopic (exact) mass is 257 g/mol. The first kappa shape index (κ1) is 16.5. The van der Waals surface area contributed by atoms with E-state index in [0.717, 1.165) is 6.42 Å². The Bertz CT molecular complexity index is 143. The summed E-state index contributed by atoms with van der Waals surface area (Å²) in [6.45, 7) is 21.8. The van der Waals surface area contributed by atoms with Crippen molar-refractivity contribution < 1.29 is 32.7 Å². The molecule has 13 heavy (non-hydrogen) atoms. The molecule has 77 valence electrons. The van der Waals surface area contributed by atoms with Gasteiger partial charge >= 0.3 is 0 Å². The first-order chi connectivity index (χ1) is 4.96. The van der Waals surface area contributed by atoms with Crippen LogP contribution in [0.3, 0.4) is 0 Å². The van der Waals surface area contributed by atoms with Crippen LogP contribution in [0, 0.1) is 30.1 Å². The Morgan fingerprint density at radius 3 is 1.23 bits per heavy atom. The molecule has 0 aromatic carbocycles. The van der Waals surface area contributed by atoms with Crippen molar-refractivity contribution in [3.63, 3.8) is 0 Å². The van der Waals surface area contributed by atoms with Gasteiger partial charge in [-0.3, -0.25) is 5.41 Å². The molecule has 0 saturated carbocycles. The van der Waals surface area contributed by atoms with E-state index in [1.54, 1.807) is 0 Å². The van der Waals surface area contributed by atoms with Crippen molar-refractivity contribution in [1.82, 2.24) is 0 Å². The van der Waals surface area contributed by atoms with E-state index in [0.29, 0.717) is 5.41 Å². The van der Waals surface area contributed by atoms with Crippen LogP contribution in [0.15, 0.2) is 0 Å². The minimum atomic E-state index is -0.0781. The molecule has 0 amide bonds. The van der Waals surface area contributed by atoms with Crippen molar-refractivity contribution in [2.75, 3.05) is 0 Å². The second kappa shape index (κ2) is 4.75. The fraction of sp³-hybridized carbons (Fsp3) is 0.833. The van der Waals surface area contributed by atoms with Gasteiger partial charge in [-0.1, -0.05) is 53.4 Å². The van der Waals surface area contributed by atoms with Crippen LogP contribution in [0.1, 0.15) is 48.0 Å². The van der Waals surface area contributed by atoms with Crippen LogP contribution in [0.4, 0.5) is 0 Å². The summed E-state index contributed by atoms with van der Waals surface area (Å²) in [6, 6.07) is 0. The molecule has 0 atom stereocenters. The van der Waals surface area contributed by atoms with Crippen molar-refractivity contribution in [3.05, 3.63) is 13.8 Å². The van der Waals surface area contributed by atoms with Gasteiger partial charge < -0.3 is 13.8 Å². The van der Waals surface area contributed by atoms with Crippen molar-refractivity contribution in [1.29, 1.82) is 0 Å². The van der Waals surface area contributed by atoms with Crippen molar-refractivity contribution in [2.24, 2.45) is 16.2 Å². The van der Waals surface area contributed by atoms with Crippen LogP contribution < -0.4 is 0 Å². The molecule has 0 aromatic rings. The quantitative estimate of drug-likeness (QED) is 0.620. The average molecular weight is 257 g/mol. The summed E-state index contributed by atoms with van der Waals surface area (Å²) < 4.78 is 0. The maximum atomic E-state index is 4.22. The summed E-state index contributed by atoms with van der Waals surface area (Å²) in [6.07, 6.45) is 1.06. The molecule has 1 heteroatoms. The van der Waals surface area contributed by atoms with Gasteiger partial charge in [0.2, 0.25) is 0 Å². The molecule has 0 aromatic heterocycles. The standard InChI is InChI=1S/C12H24.Y/c1-10(2,3)9-12(7,8)11(4,5)6;/h7-9H2,1-6H3;/q-2;. The second-order valence-corrected chi connectivity index (χ2v) is 6.27. The molecule has 0 aliphatic rings. The first-order valence-electron chi connectivity index (χ1n) is 4.66. The Kier molecular flexibility index (Phi) is 6.04. The summed E-state index contributed by atoms with van der Waals surface area (Å²) in [7, 11) is 0. The van der Waals surface area contributed by atoms with Crippen LogP contribution in [0.5, 0.6) is 0 Å². The summed E-state index contributed by atoms with van der Waals surface area (Å²) in [5.74, 6) is 0. The zero-order chi connectivity index (χ0) is 10.2. The van der Waals surface area contributed by atoms with E-state index in [9.17, 15) is 0 Å². The Morgan fingerprint density at radius 2 is 1.15 bits per heavy atom. The van der Waals surface area contributed by atoms with E-state index in [2.05, 4.69) is 55.4 Å². The molecule has 0 unspecified atom stereocenters. The van der Waals surface area contributed by atoms with Crippen LogP contribution in [0.25, 0.3) is 0 Å². The first-order valence-corrected chi connectivity index (χ1v) is 4.66. The third-order valence-corrected chi connectivity index (χ3v) is 2.46. The second-order valence-electron chi connectivity index (χ2n) is 6.27. The Labute approximate surface area is 110 Å². The molecule has 0 saturated heterocycles. The van der Waals surface area contributed by atoms with Gasteiger partial charge in [0.05, 0.1) is 0 Å². The van der Waals surface area contributed by atoms with E-state index in [-0.39, 0.29) is 43.5 Å². The molecular formula is C12H24Y-2. The zero-order valence-corrected chi connectivity index (χ0v) is 13.0. The molecule has 0 nitrogen and oxygen atoms in total. The number of rotatable bonds is 1. The van der Waals surface area contributed by atoms with Crippen LogP contribution in [0.2, 0.25) is 0 Å². The Balaban J connectivity index is 0. The molecule has 0 rings (SSSR count). The summed E-state index contributed by atoms with van der Waals surface area (Å²) in [4.78, 5) is 0. The van der Waals surface area contributed by atoms with Gasteiger partial charge in [-0.2, -0.15) is 0 Å². The molecule has 0 aliphatic carbocycles. The minimum Gasteiger partial charge on any atom is -0.366 e. The normalized spacial score (nSPS) is 13.8. The maximum absolute atomic E-state index is 4.22. The molecule has 0 bridgehead atoms. The third-order valence-electron chi connectivity index (χ3n) is 2.46. The molecule has 0 aliphatic heterocycles. The van der Waals surface area contributed by atoms with Crippen molar-refractivity contribution in [2.45, 2.75) is 48.0 Å². The Hall–Kier alpha value is 1.10. The fourth-order valence-electron chi connectivity index (χ4n) is 1.28.